The van der Waals surface area contributed by atoms with Gasteiger partial charge in [0.05, 0.1) is 6.42 Å². The molecule has 2 rings (SSSR count). The zero-order valence-corrected chi connectivity index (χ0v) is 13.0. The Bertz CT molecular complexity index is 656. The van der Waals surface area contributed by atoms with E-state index in [0.717, 1.165) is 5.56 Å². The highest BCUT2D eigenvalue weighted by Gasteiger charge is 2.11. The van der Waals surface area contributed by atoms with E-state index in [-0.39, 0.29) is 11.8 Å². The monoisotopic (exact) mass is 347 g/mol. The van der Waals surface area contributed by atoms with Gasteiger partial charge < -0.3 is 10.6 Å². The predicted octanol–water partition coefficient (Wildman–Crippen LogP) is 2.38. The summed E-state index contributed by atoms with van der Waals surface area (Å²) in [5.74, 6) is -0.342. The molecule has 0 aliphatic rings. The van der Waals surface area contributed by atoms with E-state index < -0.39 is 0 Å². The van der Waals surface area contributed by atoms with Gasteiger partial charge in [-0.1, -0.05) is 12.1 Å². The van der Waals surface area contributed by atoms with Gasteiger partial charge in [-0.25, -0.2) is 4.98 Å². The van der Waals surface area contributed by atoms with Gasteiger partial charge in [-0.3, -0.25) is 9.59 Å². The molecule has 108 valence electrons. The van der Waals surface area contributed by atoms with Gasteiger partial charge >= 0.3 is 0 Å². The predicted molar refractivity (Wildman–Crippen MR) is 84.1 cm³/mol. The molecule has 0 aliphatic heterocycles. The smallest absolute Gasteiger partial charge is 0.275 e. The lowest BCUT2D eigenvalue weighted by atomic mass is 10.1. The fourth-order valence-corrected chi connectivity index (χ4v) is 2.16. The molecule has 21 heavy (non-hydrogen) atoms. The minimum atomic E-state index is -0.290. The standard InChI is InChI=1S/C15H14BrN3O2/c1-17-13(20)9-10-4-6-11(7-5-10)19-15(21)14-12(16)3-2-8-18-14/h2-8H,9H2,1H3,(H,17,20)(H,19,21). The minimum absolute atomic E-state index is 0.0517. The van der Waals surface area contributed by atoms with Crippen molar-refractivity contribution in [1.29, 1.82) is 0 Å². The quantitative estimate of drug-likeness (QED) is 0.891. The van der Waals surface area contributed by atoms with Crippen LogP contribution >= 0.6 is 15.9 Å². The Kier molecular flexibility index (Phi) is 5.05. The van der Waals surface area contributed by atoms with Crippen molar-refractivity contribution in [2.75, 3.05) is 12.4 Å². The number of halogens is 1. The van der Waals surface area contributed by atoms with E-state index in [1.165, 1.54) is 0 Å². The zero-order chi connectivity index (χ0) is 15.2. The van der Waals surface area contributed by atoms with Gasteiger partial charge in [0.2, 0.25) is 5.91 Å². The fourth-order valence-electron chi connectivity index (χ4n) is 1.72. The van der Waals surface area contributed by atoms with Crippen molar-refractivity contribution in [2.24, 2.45) is 0 Å². The van der Waals surface area contributed by atoms with Crippen LogP contribution in [0.15, 0.2) is 47.1 Å². The summed E-state index contributed by atoms with van der Waals surface area (Å²) in [4.78, 5) is 27.4. The van der Waals surface area contributed by atoms with Crippen LogP contribution in [0.3, 0.4) is 0 Å². The number of nitrogens with one attached hydrogen (secondary N) is 2. The molecule has 2 aromatic rings. The summed E-state index contributed by atoms with van der Waals surface area (Å²) in [6.07, 6.45) is 1.88. The molecule has 0 spiro atoms. The second kappa shape index (κ2) is 6.99. The van der Waals surface area contributed by atoms with E-state index >= 15 is 0 Å². The first-order valence-corrected chi connectivity index (χ1v) is 7.11. The van der Waals surface area contributed by atoms with Crippen molar-refractivity contribution in [2.45, 2.75) is 6.42 Å². The molecule has 1 aromatic carbocycles. The molecule has 2 N–H and O–H groups in total. The summed E-state index contributed by atoms with van der Waals surface area (Å²) in [6.45, 7) is 0. The molecule has 0 unspecified atom stereocenters. The average molecular weight is 348 g/mol. The molecule has 0 fully saturated rings. The molecule has 1 aromatic heterocycles. The van der Waals surface area contributed by atoms with Gasteiger partial charge in [-0.05, 0) is 45.8 Å². The molecule has 0 atom stereocenters. The maximum Gasteiger partial charge on any atom is 0.275 e. The third-order valence-corrected chi connectivity index (χ3v) is 3.47. The molecule has 0 bridgehead atoms. The van der Waals surface area contributed by atoms with Crippen molar-refractivity contribution < 1.29 is 9.59 Å². The van der Waals surface area contributed by atoms with Crippen LogP contribution in [0.4, 0.5) is 5.69 Å². The maximum absolute atomic E-state index is 12.1. The Hall–Kier alpha value is -2.21. The van der Waals surface area contributed by atoms with Gasteiger partial charge in [-0.2, -0.15) is 0 Å². The summed E-state index contributed by atoms with van der Waals surface area (Å²) in [6, 6.07) is 10.6. The molecule has 0 aliphatic carbocycles. The highest BCUT2D eigenvalue weighted by Crippen LogP contribution is 2.16. The number of benzene rings is 1. The first-order chi connectivity index (χ1) is 10.1. The Morgan fingerprint density at radius 3 is 2.52 bits per heavy atom. The zero-order valence-electron chi connectivity index (χ0n) is 11.4. The number of pyridine rings is 1. The van der Waals surface area contributed by atoms with Crippen LogP contribution in [0.1, 0.15) is 16.1 Å². The molecule has 0 saturated heterocycles. The van der Waals surface area contributed by atoms with Crippen molar-refractivity contribution in [3.05, 3.63) is 58.3 Å². The van der Waals surface area contributed by atoms with E-state index in [2.05, 4.69) is 31.5 Å². The van der Waals surface area contributed by atoms with Crippen LogP contribution in [0.5, 0.6) is 0 Å². The fraction of sp³-hybridized carbons (Fsp3) is 0.133. The average Bonchev–Trinajstić information content (AvgIpc) is 2.49. The summed E-state index contributed by atoms with van der Waals surface area (Å²) in [5.41, 5.74) is 1.86. The number of carbonyl (C=O) groups excluding carboxylic acids is 2. The van der Waals surface area contributed by atoms with Crippen LogP contribution in [-0.2, 0) is 11.2 Å². The normalized spacial score (nSPS) is 10.0. The Morgan fingerprint density at radius 1 is 1.19 bits per heavy atom. The lowest BCUT2D eigenvalue weighted by Crippen LogP contribution is -2.20. The number of aromatic nitrogens is 1. The van der Waals surface area contributed by atoms with Crippen LogP contribution in [-0.4, -0.2) is 23.8 Å². The molecular formula is C15H14BrN3O2. The van der Waals surface area contributed by atoms with E-state index in [1.807, 2.05) is 0 Å². The number of likely N-dealkylation sites (N-methyl/N-ethyl adjacent to an activating group) is 1. The summed E-state index contributed by atoms with van der Waals surface area (Å²) in [7, 11) is 1.60. The van der Waals surface area contributed by atoms with Gasteiger partial charge in [-0.15, -0.1) is 0 Å². The molecule has 0 saturated carbocycles. The van der Waals surface area contributed by atoms with Gasteiger partial charge in [0.15, 0.2) is 0 Å². The molecule has 6 heteroatoms. The van der Waals surface area contributed by atoms with Crippen LogP contribution in [0.2, 0.25) is 0 Å². The first kappa shape index (κ1) is 15.2. The number of anilines is 1. The van der Waals surface area contributed by atoms with Crippen LogP contribution < -0.4 is 10.6 Å². The Morgan fingerprint density at radius 2 is 1.90 bits per heavy atom. The molecule has 1 heterocycles. The number of amides is 2. The number of carbonyl (C=O) groups is 2. The number of hydrogen-bond donors (Lipinski definition) is 2. The highest BCUT2D eigenvalue weighted by atomic mass is 79.9. The van der Waals surface area contributed by atoms with Crippen molar-refractivity contribution in [3.8, 4) is 0 Å². The molecule has 0 radical (unpaired) electrons. The van der Waals surface area contributed by atoms with Crippen molar-refractivity contribution >= 4 is 33.4 Å². The van der Waals surface area contributed by atoms with Gasteiger partial charge in [0, 0.05) is 23.4 Å². The first-order valence-electron chi connectivity index (χ1n) is 6.31. The topological polar surface area (TPSA) is 71.1 Å². The Balaban J connectivity index is 2.05. The summed E-state index contributed by atoms with van der Waals surface area (Å²) in [5, 5.41) is 5.33. The highest BCUT2D eigenvalue weighted by molar-refractivity contribution is 9.10. The van der Waals surface area contributed by atoms with Crippen LogP contribution in [0.25, 0.3) is 0 Å². The third kappa shape index (κ3) is 4.13. The molecular weight excluding hydrogens is 334 g/mol. The van der Waals surface area contributed by atoms with Crippen molar-refractivity contribution in [3.63, 3.8) is 0 Å². The molecule has 5 nitrogen and oxygen atoms in total. The Labute approximate surface area is 130 Å². The van der Waals surface area contributed by atoms with E-state index in [4.69, 9.17) is 0 Å². The summed E-state index contributed by atoms with van der Waals surface area (Å²) < 4.78 is 0.638. The second-order valence-corrected chi connectivity index (χ2v) is 5.19. The number of rotatable bonds is 4. The lowest BCUT2D eigenvalue weighted by Gasteiger charge is -2.07. The minimum Gasteiger partial charge on any atom is -0.359 e. The SMILES string of the molecule is CNC(=O)Cc1ccc(NC(=O)c2ncccc2Br)cc1. The maximum atomic E-state index is 12.1. The van der Waals surface area contributed by atoms with E-state index in [1.54, 1.807) is 49.6 Å². The number of hydrogen-bond acceptors (Lipinski definition) is 3. The van der Waals surface area contributed by atoms with Gasteiger partial charge in [0.1, 0.15) is 5.69 Å². The summed E-state index contributed by atoms with van der Waals surface area (Å²) >= 11 is 3.29. The van der Waals surface area contributed by atoms with Crippen LogP contribution in [0, 0.1) is 0 Å². The van der Waals surface area contributed by atoms with E-state index in [0.29, 0.717) is 22.3 Å². The largest absolute Gasteiger partial charge is 0.359 e. The van der Waals surface area contributed by atoms with Crippen molar-refractivity contribution in [1.82, 2.24) is 10.3 Å². The molecule has 2 amide bonds. The third-order valence-electron chi connectivity index (χ3n) is 2.83. The second-order valence-electron chi connectivity index (χ2n) is 4.33. The lowest BCUT2D eigenvalue weighted by molar-refractivity contribution is -0.119. The van der Waals surface area contributed by atoms with E-state index in [9.17, 15) is 9.59 Å². The number of nitrogens with zero attached hydrogens (tertiary/aromatic N) is 1. The van der Waals surface area contributed by atoms with Gasteiger partial charge in [0.25, 0.3) is 5.91 Å².